The molecule has 1 amide bonds. The molecule has 136 valence electrons. The van der Waals surface area contributed by atoms with E-state index in [0.29, 0.717) is 18.0 Å². The summed E-state index contributed by atoms with van der Waals surface area (Å²) in [6, 6.07) is 17.8. The summed E-state index contributed by atoms with van der Waals surface area (Å²) >= 11 is 0. The first-order chi connectivity index (χ1) is 12.7. The molecule has 0 spiro atoms. The molecule has 1 N–H and O–H groups in total. The van der Waals surface area contributed by atoms with Gasteiger partial charge in [-0.05, 0) is 43.0 Å². The number of methoxy groups -OCH3 is 1. The van der Waals surface area contributed by atoms with Gasteiger partial charge in [-0.2, -0.15) is 0 Å². The zero-order chi connectivity index (χ0) is 18.4. The summed E-state index contributed by atoms with van der Waals surface area (Å²) in [5, 5.41) is 4.15. The van der Waals surface area contributed by atoms with Crippen molar-refractivity contribution in [2.24, 2.45) is 0 Å². The van der Waals surface area contributed by atoms with Crippen LogP contribution in [0.25, 0.3) is 10.9 Å². The lowest BCUT2D eigenvalue weighted by atomic mass is 10.2. The van der Waals surface area contributed by atoms with Crippen LogP contribution in [-0.2, 0) is 11.3 Å². The fraction of sp³-hybridized carbons (Fsp3) is 0.286. The molecule has 2 aromatic carbocycles. The maximum absolute atomic E-state index is 11.9. The van der Waals surface area contributed by atoms with Gasteiger partial charge in [-0.25, -0.2) is 0 Å². The third-order valence-corrected chi connectivity index (χ3v) is 4.31. The fourth-order valence-electron chi connectivity index (χ4n) is 3.00. The Labute approximate surface area is 153 Å². The van der Waals surface area contributed by atoms with Gasteiger partial charge in [-0.3, -0.25) is 4.79 Å². The Morgan fingerprint density at radius 3 is 2.73 bits per heavy atom. The van der Waals surface area contributed by atoms with Crippen molar-refractivity contribution >= 4 is 16.8 Å². The van der Waals surface area contributed by atoms with E-state index in [4.69, 9.17) is 9.47 Å². The van der Waals surface area contributed by atoms with E-state index in [1.165, 1.54) is 16.6 Å². The minimum atomic E-state index is -0.123. The summed E-state index contributed by atoms with van der Waals surface area (Å²) in [6.45, 7) is 3.60. The number of aryl methyl sites for hydroxylation is 2. The predicted octanol–water partition coefficient (Wildman–Crippen LogP) is 3.54. The van der Waals surface area contributed by atoms with Gasteiger partial charge in [0.1, 0.15) is 11.5 Å². The minimum Gasteiger partial charge on any atom is -0.497 e. The van der Waals surface area contributed by atoms with Gasteiger partial charge in [0, 0.05) is 30.4 Å². The van der Waals surface area contributed by atoms with Crippen molar-refractivity contribution in [2.45, 2.75) is 19.9 Å². The Morgan fingerprint density at radius 2 is 1.88 bits per heavy atom. The molecule has 0 unspecified atom stereocenters. The Kier molecular flexibility index (Phi) is 5.79. The number of nitrogens with zero attached hydrogens (tertiary/aromatic N) is 1. The van der Waals surface area contributed by atoms with Crippen LogP contribution in [0.1, 0.15) is 12.1 Å². The molecule has 0 aliphatic rings. The van der Waals surface area contributed by atoms with Crippen molar-refractivity contribution in [3.63, 3.8) is 0 Å². The highest BCUT2D eigenvalue weighted by Gasteiger charge is 2.06. The number of hydrogen-bond acceptors (Lipinski definition) is 3. The number of carbonyl (C=O) groups excluding carboxylic acids is 1. The van der Waals surface area contributed by atoms with Gasteiger partial charge < -0.3 is 19.4 Å². The quantitative estimate of drug-likeness (QED) is 0.631. The lowest BCUT2D eigenvalue weighted by Gasteiger charge is -2.10. The first kappa shape index (κ1) is 17.9. The normalized spacial score (nSPS) is 10.7. The molecule has 0 aliphatic heterocycles. The van der Waals surface area contributed by atoms with E-state index in [0.717, 1.165) is 13.0 Å². The second kappa shape index (κ2) is 8.43. The summed E-state index contributed by atoms with van der Waals surface area (Å²) in [7, 11) is 1.60. The monoisotopic (exact) mass is 352 g/mol. The van der Waals surface area contributed by atoms with Crippen LogP contribution in [0.5, 0.6) is 11.5 Å². The average Bonchev–Trinajstić information content (AvgIpc) is 2.99. The van der Waals surface area contributed by atoms with E-state index < -0.39 is 0 Å². The lowest BCUT2D eigenvalue weighted by molar-refractivity contribution is -0.123. The maximum Gasteiger partial charge on any atom is 0.257 e. The van der Waals surface area contributed by atoms with E-state index in [9.17, 15) is 4.79 Å². The Bertz CT molecular complexity index is 886. The predicted molar refractivity (Wildman–Crippen MR) is 103 cm³/mol. The molecule has 0 radical (unpaired) electrons. The van der Waals surface area contributed by atoms with Crippen molar-refractivity contribution < 1.29 is 14.3 Å². The molecule has 0 saturated heterocycles. The van der Waals surface area contributed by atoms with Gasteiger partial charge in [-0.15, -0.1) is 0 Å². The van der Waals surface area contributed by atoms with Gasteiger partial charge >= 0.3 is 0 Å². The number of aromatic nitrogens is 1. The molecule has 5 heteroatoms. The third kappa shape index (κ3) is 4.36. The van der Waals surface area contributed by atoms with Crippen molar-refractivity contribution in [1.29, 1.82) is 0 Å². The number of fused-ring (bicyclic) bond motifs is 1. The number of hydrogen-bond donors (Lipinski definition) is 1. The molecule has 3 rings (SSSR count). The SMILES string of the molecule is COc1cccc(OCC(=O)NCCCn2c(C)cc3ccccc32)c1. The van der Waals surface area contributed by atoms with E-state index in [1.54, 1.807) is 19.2 Å². The molecule has 0 fully saturated rings. The molecule has 5 nitrogen and oxygen atoms in total. The number of amides is 1. The molecule has 0 atom stereocenters. The van der Waals surface area contributed by atoms with Crippen LogP contribution in [0.2, 0.25) is 0 Å². The molecule has 0 aliphatic carbocycles. The Hall–Kier alpha value is -2.95. The number of nitrogens with one attached hydrogen (secondary N) is 1. The third-order valence-electron chi connectivity index (χ3n) is 4.31. The highest BCUT2D eigenvalue weighted by atomic mass is 16.5. The number of ether oxygens (including phenoxy) is 2. The van der Waals surface area contributed by atoms with E-state index in [1.807, 2.05) is 12.1 Å². The van der Waals surface area contributed by atoms with Gasteiger partial charge in [0.25, 0.3) is 5.91 Å². The highest BCUT2D eigenvalue weighted by Crippen LogP contribution is 2.20. The highest BCUT2D eigenvalue weighted by molar-refractivity contribution is 5.81. The first-order valence-corrected chi connectivity index (χ1v) is 8.76. The molecule has 26 heavy (non-hydrogen) atoms. The van der Waals surface area contributed by atoms with Crippen LogP contribution in [0, 0.1) is 6.92 Å². The van der Waals surface area contributed by atoms with Crippen LogP contribution in [0.4, 0.5) is 0 Å². The number of para-hydroxylation sites is 1. The van der Waals surface area contributed by atoms with E-state index >= 15 is 0 Å². The van der Waals surface area contributed by atoms with Crippen LogP contribution in [0.3, 0.4) is 0 Å². The van der Waals surface area contributed by atoms with Crippen molar-refractivity contribution in [3.05, 3.63) is 60.3 Å². The Morgan fingerprint density at radius 1 is 1.08 bits per heavy atom. The molecule has 0 saturated carbocycles. The zero-order valence-corrected chi connectivity index (χ0v) is 15.2. The zero-order valence-electron chi connectivity index (χ0n) is 15.2. The van der Waals surface area contributed by atoms with Crippen molar-refractivity contribution in [1.82, 2.24) is 9.88 Å². The summed E-state index contributed by atoms with van der Waals surface area (Å²) in [5.74, 6) is 1.20. The number of benzene rings is 2. The summed E-state index contributed by atoms with van der Waals surface area (Å²) < 4.78 is 12.9. The largest absolute Gasteiger partial charge is 0.497 e. The molecule has 0 bridgehead atoms. The van der Waals surface area contributed by atoms with Crippen molar-refractivity contribution in [2.75, 3.05) is 20.3 Å². The summed E-state index contributed by atoms with van der Waals surface area (Å²) in [6.07, 6.45) is 0.865. The molecular weight excluding hydrogens is 328 g/mol. The summed E-state index contributed by atoms with van der Waals surface area (Å²) in [4.78, 5) is 11.9. The van der Waals surface area contributed by atoms with Crippen LogP contribution in [0.15, 0.2) is 54.6 Å². The van der Waals surface area contributed by atoms with Gasteiger partial charge in [0.05, 0.1) is 7.11 Å². The van der Waals surface area contributed by atoms with Crippen molar-refractivity contribution in [3.8, 4) is 11.5 Å². The van der Waals surface area contributed by atoms with Crippen LogP contribution >= 0.6 is 0 Å². The molecule has 1 heterocycles. The van der Waals surface area contributed by atoms with E-state index in [2.05, 4.69) is 47.1 Å². The fourth-order valence-corrected chi connectivity index (χ4v) is 3.00. The lowest BCUT2D eigenvalue weighted by Crippen LogP contribution is -2.30. The number of rotatable bonds is 8. The second-order valence-corrected chi connectivity index (χ2v) is 6.17. The maximum atomic E-state index is 11.9. The van der Waals surface area contributed by atoms with Gasteiger partial charge in [0.15, 0.2) is 6.61 Å². The molecular formula is C21H24N2O3. The minimum absolute atomic E-state index is 0.00134. The van der Waals surface area contributed by atoms with Gasteiger partial charge in [0.2, 0.25) is 0 Å². The summed E-state index contributed by atoms with van der Waals surface area (Å²) in [5.41, 5.74) is 2.47. The standard InChI is InChI=1S/C21H24N2O3/c1-16-13-17-7-3-4-10-20(17)23(16)12-6-11-22-21(24)15-26-19-9-5-8-18(14-19)25-2/h3-5,7-10,13-14H,6,11-12,15H2,1-2H3,(H,22,24). The van der Waals surface area contributed by atoms with Crippen LogP contribution in [-0.4, -0.2) is 30.7 Å². The van der Waals surface area contributed by atoms with Gasteiger partial charge in [-0.1, -0.05) is 24.3 Å². The average molecular weight is 352 g/mol. The second-order valence-electron chi connectivity index (χ2n) is 6.17. The van der Waals surface area contributed by atoms with E-state index in [-0.39, 0.29) is 12.5 Å². The number of carbonyl (C=O) groups is 1. The Balaban J connectivity index is 1.43. The molecule has 1 aromatic heterocycles. The first-order valence-electron chi connectivity index (χ1n) is 8.76. The van der Waals surface area contributed by atoms with Crippen LogP contribution < -0.4 is 14.8 Å². The smallest absolute Gasteiger partial charge is 0.257 e. The topological polar surface area (TPSA) is 52.5 Å². The molecule has 3 aromatic rings.